The Bertz CT molecular complexity index is 1140. The van der Waals surface area contributed by atoms with Crippen LogP contribution in [0.4, 0.5) is 0 Å². The normalized spacial score (nSPS) is 12.8. The second-order valence-corrected chi connectivity index (χ2v) is 9.00. The summed E-state index contributed by atoms with van der Waals surface area (Å²) in [6, 6.07) is 17.0. The van der Waals surface area contributed by atoms with Crippen LogP contribution in [0.2, 0.25) is 5.02 Å². The third kappa shape index (κ3) is 5.06. The van der Waals surface area contributed by atoms with Crippen molar-refractivity contribution in [3.63, 3.8) is 0 Å². The van der Waals surface area contributed by atoms with Crippen molar-refractivity contribution < 1.29 is 9.53 Å². The molecular weight excluding hydrogens is 446 g/mol. The van der Waals surface area contributed by atoms with Crippen LogP contribution in [0.1, 0.15) is 20.8 Å². The highest BCUT2D eigenvalue weighted by atomic mass is 35.5. The fraction of sp³-hybridized carbons (Fsp3) is 0.304. The van der Waals surface area contributed by atoms with E-state index in [9.17, 15) is 10.1 Å². The number of benzene rings is 2. The van der Waals surface area contributed by atoms with E-state index in [1.165, 1.54) is 11.8 Å². The first-order valence-electron chi connectivity index (χ1n) is 9.99. The van der Waals surface area contributed by atoms with Gasteiger partial charge in [0, 0.05) is 10.7 Å². The number of hydrogen-bond acceptors (Lipinski definition) is 6. The van der Waals surface area contributed by atoms with Crippen LogP contribution < -0.4 is 10.1 Å². The SMILES string of the molecule is COc1ccccc1-c1nnc(SCC(=O)NC(C)(C#N)C(C)C)n1-c1ccc(Cl)cc1. The van der Waals surface area contributed by atoms with Crippen molar-refractivity contribution in [3.05, 3.63) is 53.6 Å². The van der Waals surface area contributed by atoms with E-state index < -0.39 is 5.54 Å². The number of rotatable bonds is 8. The number of ether oxygens (including phenoxy) is 1. The molecule has 9 heteroatoms. The Balaban J connectivity index is 1.95. The molecule has 3 rings (SSSR count). The van der Waals surface area contributed by atoms with Gasteiger partial charge in [0.1, 0.15) is 11.3 Å². The average Bonchev–Trinajstić information content (AvgIpc) is 3.21. The zero-order chi connectivity index (χ0) is 23.3. The molecule has 1 heterocycles. The van der Waals surface area contributed by atoms with Crippen molar-refractivity contribution in [2.24, 2.45) is 5.92 Å². The molecule has 7 nitrogen and oxygen atoms in total. The van der Waals surface area contributed by atoms with Gasteiger partial charge in [-0.2, -0.15) is 5.26 Å². The van der Waals surface area contributed by atoms with Gasteiger partial charge in [-0.1, -0.05) is 49.3 Å². The average molecular weight is 470 g/mol. The van der Waals surface area contributed by atoms with Gasteiger partial charge in [0.25, 0.3) is 0 Å². The van der Waals surface area contributed by atoms with Gasteiger partial charge in [-0.05, 0) is 49.2 Å². The van der Waals surface area contributed by atoms with Gasteiger partial charge in [0.15, 0.2) is 11.0 Å². The highest BCUT2D eigenvalue weighted by Gasteiger charge is 2.30. The van der Waals surface area contributed by atoms with Crippen LogP contribution in [0, 0.1) is 17.2 Å². The van der Waals surface area contributed by atoms with E-state index in [4.69, 9.17) is 16.3 Å². The van der Waals surface area contributed by atoms with Crippen molar-refractivity contribution >= 4 is 29.3 Å². The minimum atomic E-state index is -0.940. The van der Waals surface area contributed by atoms with Gasteiger partial charge in [-0.25, -0.2) is 0 Å². The molecule has 0 saturated heterocycles. The molecule has 1 unspecified atom stereocenters. The zero-order valence-electron chi connectivity index (χ0n) is 18.3. The molecule has 0 saturated carbocycles. The lowest BCUT2D eigenvalue weighted by Gasteiger charge is -2.27. The largest absolute Gasteiger partial charge is 0.496 e. The summed E-state index contributed by atoms with van der Waals surface area (Å²) < 4.78 is 7.36. The predicted octanol–water partition coefficient (Wildman–Crippen LogP) is 4.74. The number of carbonyl (C=O) groups is 1. The number of hydrogen-bond donors (Lipinski definition) is 1. The van der Waals surface area contributed by atoms with Crippen LogP contribution >= 0.6 is 23.4 Å². The van der Waals surface area contributed by atoms with Gasteiger partial charge < -0.3 is 10.1 Å². The van der Waals surface area contributed by atoms with Crippen LogP contribution in [-0.2, 0) is 4.79 Å². The number of para-hydroxylation sites is 1. The number of methoxy groups -OCH3 is 1. The molecule has 0 bridgehead atoms. The van der Waals surface area contributed by atoms with E-state index in [-0.39, 0.29) is 17.6 Å². The number of nitriles is 1. The summed E-state index contributed by atoms with van der Waals surface area (Å²) in [6.07, 6.45) is 0. The number of aromatic nitrogens is 3. The Morgan fingerprint density at radius 1 is 1.25 bits per heavy atom. The Morgan fingerprint density at radius 2 is 1.94 bits per heavy atom. The summed E-state index contributed by atoms with van der Waals surface area (Å²) in [5.41, 5.74) is 0.627. The van der Waals surface area contributed by atoms with E-state index in [2.05, 4.69) is 21.6 Å². The van der Waals surface area contributed by atoms with E-state index in [1.54, 1.807) is 26.2 Å². The lowest BCUT2D eigenvalue weighted by molar-refractivity contribution is -0.120. The topological polar surface area (TPSA) is 92.8 Å². The molecule has 0 aliphatic heterocycles. The second kappa shape index (κ2) is 10.1. The Hall–Kier alpha value is -3.02. The number of thioether (sulfide) groups is 1. The molecule has 0 radical (unpaired) electrons. The number of halogens is 1. The van der Waals surface area contributed by atoms with Crippen molar-refractivity contribution in [1.29, 1.82) is 5.26 Å². The second-order valence-electron chi connectivity index (χ2n) is 7.62. The van der Waals surface area contributed by atoms with Crippen LogP contribution in [0.25, 0.3) is 17.1 Å². The van der Waals surface area contributed by atoms with Crippen molar-refractivity contribution in [2.45, 2.75) is 31.5 Å². The fourth-order valence-corrected chi connectivity index (χ4v) is 3.83. The fourth-order valence-electron chi connectivity index (χ4n) is 2.95. The number of nitrogens with zero attached hydrogens (tertiary/aromatic N) is 4. The maximum absolute atomic E-state index is 12.6. The van der Waals surface area contributed by atoms with Crippen LogP contribution in [-0.4, -0.2) is 39.1 Å². The van der Waals surface area contributed by atoms with Crippen LogP contribution in [0.15, 0.2) is 53.7 Å². The first-order valence-corrected chi connectivity index (χ1v) is 11.3. The Kier molecular flexibility index (Phi) is 7.44. The number of amides is 1. The Labute approximate surface area is 196 Å². The maximum Gasteiger partial charge on any atom is 0.231 e. The molecule has 2 aromatic carbocycles. The summed E-state index contributed by atoms with van der Waals surface area (Å²) in [5, 5.41) is 22.1. The molecule has 1 amide bonds. The summed E-state index contributed by atoms with van der Waals surface area (Å²) in [5.74, 6) is 1.04. The first kappa shape index (κ1) is 23.6. The summed E-state index contributed by atoms with van der Waals surface area (Å²) in [7, 11) is 1.60. The molecule has 1 atom stereocenters. The van der Waals surface area contributed by atoms with Gasteiger partial charge in [-0.15, -0.1) is 10.2 Å². The molecule has 0 fully saturated rings. The van der Waals surface area contributed by atoms with Crippen LogP contribution in [0.5, 0.6) is 5.75 Å². The van der Waals surface area contributed by atoms with Crippen molar-refractivity contribution in [1.82, 2.24) is 20.1 Å². The summed E-state index contributed by atoms with van der Waals surface area (Å²) >= 11 is 7.32. The summed E-state index contributed by atoms with van der Waals surface area (Å²) in [6.45, 7) is 5.51. The minimum absolute atomic E-state index is 0.0312. The smallest absolute Gasteiger partial charge is 0.231 e. The monoisotopic (exact) mass is 469 g/mol. The third-order valence-electron chi connectivity index (χ3n) is 5.18. The lowest BCUT2D eigenvalue weighted by atomic mass is 9.90. The predicted molar refractivity (Wildman–Crippen MR) is 126 cm³/mol. The molecular formula is C23H24ClN5O2S. The molecule has 0 aliphatic carbocycles. The van der Waals surface area contributed by atoms with E-state index in [1.807, 2.05) is 54.8 Å². The highest BCUT2D eigenvalue weighted by Crippen LogP contribution is 2.33. The quantitative estimate of drug-likeness (QED) is 0.479. The molecule has 1 N–H and O–H groups in total. The minimum Gasteiger partial charge on any atom is -0.496 e. The molecule has 0 spiro atoms. The zero-order valence-corrected chi connectivity index (χ0v) is 19.9. The standard InChI is InChI=1S/C23H24ClN5O2S/c1-15(2)23(3,14-25)26-20(30)13-32-22-28-27-21(18-7-5-6-8-19(18)31-4)29(22)17-11-9-16(24)10-12-17/h5-12,15H,13H2,1-4H3,(H,26,30). The first-order chi connectivity index (χ1) is 15.3. The van der Waals surface area contributed by atoms with Crippen molar-refractivity contribution in [2.75, 3.05) is 12.9 Å². The van der Waals surface area contributed by atoms with Gasteiger partial charge >= 0.3 is 0 Å². The van der Waals surface area contributed by atoms with E-state index in [0.29, 0.717) is 21.8 Å². The van der Waals surface area contributed by atoms with Gasteiger partial charge in [0.2, 0.25) is 5.91 Å². The molecule has 1 aromatic heterocycles. The maximum atomic E-state index is 12.6. The molecule has 166 valence electrons. The highest BCUT2D eigenvalue weighted by molar-refractivity contribution is 7.99. The number of nitrogens with one attached hydrogen (secondary N) is 1. The van der Waals surface area contributed by atoms with E-state index in [0.717, 1.165) is 11.3 Å². The third-order valence-corrected chi connectivity index (χ3v) is 6.37. The molecule has 0 aliphatic rings. The van der Waals surface area contributed by atoms with Gasteiger partial charge in [-0.3, -0.25) is 9.36 Å². The molecule has 3 aromatic rings. The van der Waals surface area contributed by atoms with Crippen LogP contribution in [0.3, 0.4) is 0 Å². The lowest BCUT2D eigenvalue weighted by Crippen LogP contribution is -2.49. The number of carbonyl (C=O) groups excluding carboxylic acids is 1. The molecule has 32 heavy (non-hydrogen) atoms. The van der Waals surface area contributed by atoms with Gasteiger partial charge in [0.05, 0.1) is 24.5 Å². The Morgan fingerprint density at radius 3 is 2.56 bits per heavy atom. The van der Waals surface area contributed by atoms with E-state index >= 15 is 0 Å². The summed E-state index contributed by atoms with van der Waals surface area (Å²) in [4.78, 5) is 12.6. The van der Waals surface area contributed by atoms with Crippen molar-refractivity contribution in [3.8, 4) is 28.9 Å².